The Morgan fingerprint density at radius 1 is 1.00 bits per heavy atom. The van der Waals surface area contributed by atoms with Gasteiger partial charge in [0.1, 0.15) is 0 Å². The highest BCUT2D eigenvalue weighted by molar-refractivity contribution is 8.25. The molecule has 1 saturated heterocycles. The first-order valence-electron chi connectivity index (χ1n) is 4.40. The quantitative estimate of drug-likeness (QED) is 0.560. The summed E-state index contributed by atoms with van der Waals surface area (Å²) in [5, 5.41) is 0. The van der Waals surface area contributed by atoms with Gasteiger partial charge in [-0.15, -0.1) is 23.5 Å². The van der Waals surface area contributed by atoms with Gasteiger partial charge in [0.2, 0.25) is 0 Å². The van der Waals surface area contributed by atoms with E-state index in [-0.39, 0.29) is 0 Å². The highest BCUT2D eigenvalue weighted by atomic mass is 32.2. The Balaban J connectivity index is 2.18. The van der Waals surface area contributed by atoms with Gasteiger partial charge in [0.05, 0.1) is 0 Å². The van der Waals surface area contributed by atoms with Gasteiger partial charge < -0.3 is 0 Å². The van der Waals surface area contributed by atoms with Crippen LogP contribution >= 0.6 is 23.5 Å². The van der Waals surface area contributed by atoms with Crippen LogP contribution in [-0.2, 0) is 4.79 Å². The molecule has 0 aromatic rings. The fraction of sp³-hybridized carbons (Fsp3) is 0.667. The number of hydrogen-bond donors (Lipinski definition) is 0. The first kappa shape index (κ1) is 8.70. The minimum absolute atomic E-state index is 0.415. The zero-order valence-corrected chi connectivity index (χ0v) is 8.60. The Hall–Kier alpha value is 0.110. The number of allylic oxidation sites excluding steroid dienone is 1. The van der Waals surface area contributed by atoms with Crippen LogP contribution in [-0.4, -0.2) is 17.3 Å². The number of Topliss-reactive ketones (excluding diaryl/α,β-unsaturated/α-hetero) is 1. The van der Waals surface area contributed by atoms with Gasteiger partial charge in [-0.3, -0.25) is 4.79 Å². The van der Waals surface area contributed by atoms with E-state index in [4.69, 9.17) is 0 Å². The molecule has 0 radical (unpaired) electrons. The van der Waals surface area contributed by atoms with Crippen LogP contribution in [0, 0.1) is 0 Å². The second-order valence-corrected chi connectivity index (χ2v) is 5.56. The van der Waals surface area contributed by atoms with Crippen molar-refractivity contribution in [3.63, 3.8) is 0 Å². The molecule has 1 heterocycles. The van der Waals surface area contributed by atoms with Crippen molar-refractivity contribution in [2.75, 3.05) is 11.5 Å². The molecule has 0 unspecified atom stereocenters. The predicted octanol–water partition coefficient (Wildman–Crippen LogP) is 2.82. The number of hydrogen-bond acceptors (Lipinski definition) is 3. The average molecular weight is 200 g/mol. The smallest absolute Gasteiger partial charge is 0.160 e. The zero-order valence-electron chi connectivity index (χ0n) is 6.97. The fourth-order valence-electron chi connectivity index (χ4n) is 1.58. The van der Waals surface area contributed by atoms with Gasteiger partial charge in [-0.05, 0) is 19.3 Å². The first-order valence-corrected chi connectivity index (χ1v) is 6.37. The van der Waals surface area contributed by atoms with Crippen molar-refractivity contribution in [1.29, 1.82) is 0 Å². The lowest BCUT2D eigenvalue weighted by atomic mass is 9.95. The van der Waals surface area contributed by atoms with Gasteiger partial charge in [0.15, 0.2) is 5.78 Å². The van der Waals surface area contributed by atoms with E-state index < -0.39 is 0 Å². The van der Waals surface area contributed by atoms with E-state index in [0.29, 0.717) is 5.78 Å². The van der Waals surface area contributed by atoms with Gasteiger partial charge >= 0.3 is 0 Å². The van der Waals surface area contributed by atoms with E-state index in [1.807, 2.05) is 23.5 Å². The second-order valence-electron chi connectivity index (χ2n) is 3.09. The second kappa shape index (κ2) is 3.88. The Labute approximate surface area is 81.4 Å². The lowest BCUT2D eigenvalue weighted by molar-refractivity contribution is -0.116. The van der Waals surface area contributed by atoms with Crippen molar-refractivity contribution in [2.45, 2.75) is 25.7 Å². The molecule has 2 fully saturated rings. The fourth-order valence-corrected chi connectivity index (χ4v) is 4.23. The largest absolute Gasteiger partial charge is 0.294 e. The molecule has 1 aliphatic carbocycles. The van der Waals surface area contributed by atoms with E-state index in [2.05, 4.69) is 0 Å². The number of carbonyl (C=O) groups is 1. The van der Waals surface area contributed by atoms with E-state index in [9.17, 15) is 4.79 Å². The summed E-state index contributed by atoms with van der Waals surface area (Å²) in [5.41, 5.74) is 1.15. The maximum absolute atomic E-state index is 11.5. The molecule has 0 aromatic carbocycles. The number of rotatable bonds is 0. The third-order valence-electron chi connectivity index (χ3n) is 2.21. The zero-order chi connectivity index (χ0) is 8.39. The van der Waals surface area contributed by atoms with E-state index in [0.717, 1.165) is 24.8 Å². The minimum Gasteiger partial charge on any atom is -0.294 e. The summed E-state index contributed by atoms with van der Waals surface area (Å²) in [7, 11) is 0. The number of carbonyl (C=O) groups excluding carboxylic acids is 1. The van der Waals surface area contributed by atoms with Crippen LogP contribution in [0.5, 0.6) is 0 Å². The maximum atomic E-state index is 11.5. The summed E-state index contributed by atoms with van der Waals surface area (Å²) in [5.74, 6) is 2.80. The molecular formula is C9H12OS2. The average Bonchev–Trinajstić information content (AvgIpc) is 2.57. The molecule has 1 nitrogen and oxygen atoms in total. The molecule has 0 atom stereocenters. The van der Waals surface area contributed by atoms with Crippen molar-refractivity contribution < 1.29 is 4.79 Å². The van der Waals surface area contributed by atoms with Crippen molar-refractivity contribution in [3.8, 4) is 0 Å². The molecule has 0 aromatic heterocycles. The molecule has 0 spiro atoms. The lowest BCUT2D eigenvalue weighted by Crippen LogP contribution is -2.09. The third kappa shape index (κ3) is 1.72. The van der Waals surface area contributed by atoms with Crippen molar-refractivity contribution in [2.24, 2.45) is 0 Å². The molecule has 1 aliphatic heterocycles. The minimum atomic E-state index is 0.415. The molecule has 66 valence electrons. The van der Waals surface area contributed by atoms with E-state index in [1.54, 1.807) is 0 Å². The van der Waals surface area contributed by atoms with Crippen LogP contribution in [0.15, 0.2) is 9.81 Å². The summed E-state index contributed by atoms with van der Waals surface area (Å²) in [4.78, 5) is 11.5. The van der Waals surface area contributed by atoms with Gasteiger partial charge in [-0.1, -0.05) is 0 Å². The molecule has 0 N–H and O–H groups in total. The van der Waals surface area contributed by atoms with E-state index in [1.165, 1.54) is 22.2 Å². The summed E-state index contributed by atoms with van der Waals surface area (Å²) in [6.45, 7) is 0. The van der Waals surface area contributed by atoms with Crippen molar-refractivity contribution in [1.82, 2.24) is 0 Å². The lowest BCUT2D eigenvalue weighted by Gasteiger charge is -2.14. The standard InChI is InChI=1S/C9H12OS2/c10-8-4-2-1-3-7(8)9-11-5-6-12-9/h1-6H2. The van der Waals surface area contributed by atoms with Crippen molar-refractivity contribution >= 4 is 29.3 Å². The van der Waals surface area contributed by atoms with Crippen LogP contribution in [0.3, 0.4) is 0 Å². The molecule has 0 bridgehead atoms. The van der Waals surface area contributed by atoms with Crippen LogP contribution in [0.1, 0.15) is 25.7 Å². The van der Waals surface area contributed by atoms with Crippen LogP contribution < -0.4 is 0 Å². The summed E-state index contributed by atoms with van der Waals surface area (Å²) >= 11 is 3.75. The number of thioether (sulfide) groups is 2. The molecule has 2 rings (SSSR count). The third-order valence-corrected chi connectivity index (χ3v) is 5.01. The van der Waals surface area contributed by atoms with Crippen molar-refractivity contribution in [3.05, 3.63) is 9.81 Å². The Morgan fingerprint density at radius 2 is 1.67 bits per heavy atom. The topological polar surface area (TPSA) is 17.1 Å². The van der Waals surface area contributed by atoms with Gasteiger partial charge in [0.25, 0.3) is 0 Å². The van der Waals surface area contributed by atoms with Gasteiger partial charge in [-0.2, -0.15) is 0 Å². The Morgan fingerprint density at radius 3 is 2.33 bits per heavy atom. The first-order chi connectivity index (χ1) is 5.88. The molecule has 1 saturated carbocycles. The summed E-state index contributed by atoms with van der Waals surface area (Å²) in [6.07, 6.45) is 4.14. The van der Waals surface area contributed by atoms with Crippen LogP contribution in [0.25, 0.3) is 0 Å². The van der Waals surface area contributed by atoms with Crippen LogP contribution in [0.2, 0.25) is 0 Å². The van der Waals surface area contributed by atoms with Crippen LogP contribution in [0.4, 0.5) is 0 Å². The molecule has 12 heavy (non-hydrogen) atoms. The number of ketones is 1. The molecule has 2 aliphatic rings. The molecule has 0 amide bonds. The van der Waals surface area contributed by atoms with Gasteiger partial charge in [0, 0.05) is 27.7 Å². The normalized spacial score (nSPS) is 25.2. The molecule has 3 heteroatoms. The predicted molar refractivity (Wildman–Crippen MR) is 55.4 cm³/mol. The van der Waals surface area contributed by atoms with E-state index >= 15 is 0 Å². The SMILES string of the molecule is O=C1CCCCC1=C1SCCS1. The maximum Gasteiger partial charge on any atom is 0.160 e. The Kier molecular flexibility index (Phi) is 2.81. The highest BCUT2D eigenvalue weighted by Gasteiger charge is 2.21. The summed E-state index contributed by atoms with van der Waals surface area (Å²) < 4.78 is 1.33. The molecular weight excluding hydrogens is 188 g/mol. The monoisotopic (exact) mass is 200 g/mol. The van der Waals surface area contributed by atoms with Gasteiger partial charge in [-0.25, -0.2) is 0 Å². The Bertz CT molecular complexity index is 225. The highest BCUT2D eigenvalue weighted by Crippen LogP contribution is 2.41. The summed E-state index contributed by atoms with van der Waals surface area (Å²) in [6, 6.07) is 0.